The second-order valence-electron chi connectivity index (χ2n) is 4.55. The average molecular weight is 238 g/mol. The molecule has 1 aromatic heterocycles. The summed E-state index contributed by atoms with van der Waals surface area (Å²) in [4.78, 5) is 13.1. The quantitative estimate of drug-likeness (QED) is 0.880. The van der Waals surface area contributed by atoms with E-state index in [4.69, 9.17) is 9.90 Å². The molecular weight excluding hydrogens is 216 g/mol. The fourth-order valence-electron chi connectivity index (χ4n) is 2.60. The predicted octanol–water partition coefficient (Wildman–Crippen LogP) is 3.12. The SMILES string of the molecule is CC(=O)O.CCC(C1CCCC1)n1ccnc1. The van der Waals surface area contributed by atoms with Crippen LogP contribution in [0.15, 0.2) is 18.7 Å². The Morgan fingerprint density at radius 3 is 2.53 bits per heavy atom. The van der Waals surface area contributed by atoms with E-state index >= 15 is 0 Å². The van der Waals surface area contributed by atoms with E-state index in [1.807, 2.05) is 12.5 Å². The summed E-state index contributed by atoms with van der Waals surface area (Å²) in [5.41, 5.74) is 0. The highest BCUT2D eigenvalue weighted by Gasteiger charge is 2.24. The second kappa shape index (κ2) is 7.09. The van der Waals surface area contributed by atoms with Crippen molar-refractivity contribution in [1.29, 1.82) is 0 Å². The van der Waals surface area contributed by atoms with Gasteiger partial charge in [0.15, 0.2) is 0 Å². The molecule has 1 atom stereocenters. The Hall–Kier alpha value is -1.32. The van der Waals surface area contributed by atoms with Gasteiger partial charge in [0.1, 0.15) is 0 Å². The van der Waals surface area contributed by atoms with Crippen LogP contribution in [0.5, 0.6) is 0 Å². The third kappa shape index (κ3) is 4.59. The molecular formula is C13H22N2O2. The highest BCUT2D eigenvalue weighted by molar-refractivity contribution is 5.62. The number of rotatable bonds is 3. The summed E-state index contributed by atoms with van der Waals surface area (Å²) in [6.07, 6.45) is 12.9. The topological polar surface area (TPSA) is 55.1 Å². The summed E-state index contributed by atoms with van der Waals surface area (Å²) < 4.78 is 2.29. The zero-order chi connectivity index (χ0) is 12.7. The lowest BCUT2D eigenvalue weighted by atomic mass is 9.96. The molecule has 1 saturated carbocycles. The van der Waals surface area contributed by atoms with Gasteiger partial charge < -0.3 is 9.67 Å². The van der Waals surface area contributed by atoms with E-state index in [-0.39, 0.29) is 0 Å². The van der Waals surface area contributed by atoms with Crippen molar-refractivity contribution < 1.29 is 9.90 Å². The standard InChI is InChI=1S/C11H18N2.C2H4O2/c1-2-11(10-5-3-4-6-10)13-8-7-12-9-13;1-2(3)4/h7-11H,2-6H2,1H3;1H3,(H,3,4). The van der Waals surface area contributed by atoms with Crippen LogP contribution in [0.1, 0.15) is 52.0 Å². The lowest BCUT2D eigenvalue weighted by Crippen LogP contribution is -2.15. The van der Waals surface area contributed by atoms with Crippen LogP contribution in [0.4, 0.5) is 0 Å². The minimum absolute atomic E-state index is 0.699. The molecule has 0 aromatic carbocycles. The van der Waals surface area contributed by atoms with Crippen molar-refractivity contribution in [1.82, 2.24) is 9.55 Å². The molecule has 0 spiro atoms. The molecule has 96 valence electrons. The molecule has 0 aliphatic heterocycles. The molecule has 0 bridgehead atoms. The van der Waals surface area contributed by atoms with E-state index in [0.29, 0.717) is 6.04 Å². The monoisotopic (exact) mass is 238 g/mol. The summed E-state index contributed by atoms with van der Waals surface area (Å²) in [5, 5.41) is 7.42. The number of carboxylic acid groups (broad SMARTS) is 1. The fourth-order valence-corrected chi connectivity index (χ4v) is 2.60. The van der Waals surface area contributed by atoms with Crippen LogP contribution < -0.4 is 0 Å². The first kappa shape index (κ1) is 13.7. The van der Waals surface area contributed by atoms with E-state index in [1.165, 1.54) is 32.1 Å². The number of aliphatic carboxylic acids is 1. The van der Waals surface area contributed by atoms with E-state index in [2.05, 4.69) is 22.7 Å². The van der Waals surface area contributed by atoms with Crippen molar-refractivity contribution in [3.8, 4) is 0 Å². The number of hydrogen-bond donors (Lipinski definition) is 1. The van der Waals surface area contributed by atoms with Gasteiger partial charge in [-0.15, -0.1) is 0 Å². The van der Waals surface area contributed by atoms with Crippen LogP contribution in [0.25, 0.3) is 0 Å². The lowest BCUT2D eigenvalue weighted by molar-refractivity contribution is -0.134. The molecule has 1 aliphatic rings. The van der Waals surface area contributed by atoms with Gasteiger partial charge in [-0.2, -0.15) is 0 Å². The fraction of sp³-hybridized carbons (Fsp3) is 0.692. The lowest BCUT2D eigenvalue weighted by Gasteiger charge is -2.23. The highest BCUT2D eigenvalue weighted by Crippen LogP contribution is 2.35. The van der Waals surface area contributed by atoms with Crippen LogP contribution in [0.3, 0.4) is 0 Å². The Kier molecular flexibility index (Phi) is 5.73. The summed E-state index contributed by atoms with van der Waals surface area (Å²) in [7, 11) is 0. The number of imidazole rings is 1. The third-order valence-corrected chi connectivity index (χ3v) is 3.27. The molecule has 0 amide bonds. The maximum absolute atomic E-state index is 9.00. The Balaban J connectivity index is 0.000000317. The molecule has 4 heteroatoms. The molecule has 1 heterocycles. The zero-order valence-electron chi connectivity index (χ0n) is 10.7. The number of aromatic nitrogens is 2. The first-order valence-corrected chi connectivity index (χ1v) is 6.32. The number of hydrogen-bond acceptors (Lipinski definition) is 2. The van der Waals surface area contributed by atoms with Gasteiger partial charge in [0.25, 0.3) is 5.97 Å². The van der Waals surface area contributed by atoms with Crippen molar-refractivity contribution in [2.45, 2.75) is 52.0 Å². The van der Waals surface area contributed by atoms with Gasteiger partial charge >= 0.3 is 0 Å². The number of nitrogens with zero attached hydrogens (tertiary/aromatic N) is 2. The van der Waals surface area contributed by atoms with Gasteiger partial charge in [-0.1, -0.05) is 19.8 Å². The summed E-state index contributed by atoms with van der Waals surface area (Å²) in [6, 6.07) is 0.699. The van der Waals surface area contributed by atoms with Gasteiger partial charge in [-0.05, 0) is 25.2 Å². The number of carboxylic acids is 1. The molecule has 4 nitrogen and oxygen atoms in total. The summed E-state index contributed by atoms with van der Waals surface area (Å²) in [6.45, 7) is 3.36. The average Bonchev–Trinajstić information content (AvgIpc) is 2.89. The maximum atomic E-state index is 9.00. The van der Waals surface area contributed by atoms with Crippen LogP contribution >= 0.6 is 0 Å². The Morgan fingerprint density at radius 2 is 2.12 bits per heavy atom. The van der Waals surface area contributed by atoms with Gasteiger partial charge in [0, 0.05) is 25.4 Å². The van der Waals surface area contributed by atoms with Crippen molar-refractivity contribution >= 4 is 5.97 Å². The van der Waals surface area contributed by atoms with Crippen LogP contribution in [0, 0.1) is 5.92 Å². The molecule has 1 aliphatic carbocycles. The Morgan fingerprint density at radius 1 is 1.53 bits per heavy atom. The van der Waals surface area contributed by atoms with Gasteiger partial charge in [-0.25, -0.2) is 4.98 Å². The first-order chi connectivity index (χ1) is 8.15. The first-order valence-electron chi connectivity index (χ1n) is 6.32. The molecule has 17 heavy (non-hydrogen) atoms. The number of carbonyl (C=O) groups is 1. The van der Waals surface area contributed by atoms with Crippen LogP contribution in [-0.2, 0) is 4.79 Å². The van der Waals surface area contributed by atoms with Crippen molar-refractivity contribution in [3.63, 3.8) is 0 Å². The second-order valence-corrected chi connectivity index (χ2v) is 4.55. The van der Waals surface area contributed by atoms with Crippen LogP contribution in [0.2, 0.25) is 0 Å². The van der Waals surface area contributed by atoms with E-state index in [1.54, 1.807) is 0 Å². The normalized spacial score (nSPS) is 17.3. The molecule has 1 unspecified atom stereocenters. The van der Waals surface area contributed by atoms with Crippen molar-refractivity contribution in [3.05, 3.63) is 18.7 Å². The van der Waals surface area contributed by atoms with Crippen molar-refractivity contribution in [2.75, 3.05) is 0 Å². The molecule has 1 fully saturated rings. The Bertz CT molecular complexity index is 312. The minimum Gasteiger partial charge on any atom is -0.481 e. The van der Waals surface area contributed by atoms with E-state index < -0.39 is 5.97 Å². The van der Waals surface area contributed by atoms with E-state index in [9.17, 15) is 0 Å². The van der Waals surface area contributed by atoms with Crippen molar-refractivity contribution in [2.24, 2.45) is 5.92 Å². The molecule has 1 N–H and O–H groups in total. The maximum Gasteiger partial charge on any atom is 0.300 e. The Labute approximate surface area is 103 Å². The minimum atomic E-state index is -0.833. The van der Waals surface area contributed by atoms with Gasteiger partial charge in [0.2, 0.25) is 0 Å². The molecule has 0 saturated heterocycles. The largest absolute Gasteiger partial charge is 0.481 e. The summed E-state index contributed by atoms with van der Waals surface area (Å²) >= 11 is 0. The predicted molar refractivity (Wildman–Crippen MR) is 66.8 cm³/mol. The van der Waals surface area contributed by atoms with Crippen LogP contribution in [-0.4, -0.2) is 20.6 Å². The molecule has 1 aromatic rings. The smallest absolute Gasteiger partial charge is 0.300 e. The van der Waals surface area contributed by atoms with E-state index in [0.717, 1.165) is 12.8 Å². The molecule has 0 radical (unpaired) electrons. The third-order valence-electron chi connectivity index (χ3n) is 3.27. The van der Waals surface area contributed by atoms with Gasteiger partial charge in [0.05, 0.1) is 6.33 Å². The molecule has 2 rings (SSSR count). The highest BCUT2D eigenvalue weighted by atomic mass is 16.4. The zero-order valence-corrected chi connectivity index (χ0v) is 10.7. The summed E-state index contributed by atoms with van der Waals surface area (Å²) in [5.74, 6) is 0.0687. The van der Waals surface area contributed by atoms with Gasteiger partial charge in [-0.3, -0.25) is 4.79 Å².